The van der Waals surface area contributed by atoms with E-state index in [0.29, 0.717) is 6.10 Å². The molecule has 5 nitrogen and oxygen atoms in total. The van der Waals surface area contributed by atoms with Crippen molar-refractivity contribution in [3.8, 4) is 0 Å². The van der Waals surface area contributed by atoms with Crippen molar-refractivity contribution in [1.82, 2.24) is 14.6 Å². The first-order valence-corrected chi connectivity index (χ1v) is 9.30. The highest BCUT2D eigenvalue weighted by atomic mass is 32.2. The minimum atomic E-state index is -1.11. The van der Waals surface area contributed by atoms with Crippen LogP contribution in [0.15, 0.2) is 18.3 Å². The smallest absolute Gasteiger partial charge is 0.136 e. The lowest BCUT2D eigenvalue weighted by Crippen LogP contribution is -2.52. The third-order valence-corrected chi connectivity index (χ3v) is 5.70. The number of pyridine rings is 1. The molecular formula is C17H29N3O2S. The fourth-order valence-electron chi connectivity index (χ4n) is 2.42. The van der Waals surface area contributed by atoms with Crippen molar-refractivity contribution in [2.45, 2.75) is 51.0 Å². The molecule has 0 aromatic carbocycles. The summed E-state index contributed by atoms with van der Waals surface area (Å²) >= 11 is -1.11. The molecule has 0 saturated carbocycles. The first kappa shape index (κ1) is 18.7. The molecule has 1 saturated heterocycles. The number of hydrogen-bond donors (Lipinski definition) is 1. The van der Waals surface area contributed by atoms with Crippen molar-refractivity contribution < 1.29 is 9.29 Å². The van der Waals surface area contributed by atoms with E-state index in [4.69, 9.17) is 4.74 Å². The van der Waals surface area contributed by atoms with E-state index in [0.717, 1.165) is 37.3 Å². The SMILES string of the molecule is COC1CN(CCC(N[S+]([O-])C(C)(C)C)c2ccc(C)cn2)C1. The second-order valence-corrected chi connectivity index (χ2v) is 9.22. The van der Waals surface area contributed by atoms with Crippen LogP contribution in [0, 0.1) is 6.92 Å². The number of hydrogen-bond acceptors (Lipinski definition) is 5. The molecular weight excluding hydrogens is 310 g/mol. The van der Waals surface area contributed by atoms with E-state index in [2.05, 4.69) is 20.7 Å². The van der Waals surface area contributed by atoms with Crippen molar-refractivity contribution >= 4 is 11.4 Å². The fraction of sp³-hybridized carbons (Fsp3) is 0.706. The molecule has 0 aliphatic carbocycles. The summed E-state index contributed by atoms with van der Waals surface area (Å²) in [5.74, 6) is 0. The molecule has 2 atom stereocenters. The van der Waals surface area contributed by atoms with E-state index in [-0.39, 0.29) is 10.8 Å². The molecule has 0 spiro atoms. The Morgan fingerprint density at radius 1 is 1.43 bits per heavy atom. The van der Waals surface area contributed by atoms with Crippen LogP contribution in [0.3, 0.4) is 0 Å². The van der Waals surface area contributed by atoms with Gasteiger partial charge in [0.1, 0.15) is 4.75 Å². The van der Waals surface area contributed by atoms with Crippen LogP contribution >= 0.6 is 0 Å². The maximum absolute atomic E-state index is 12.5. The average molecular weight is 340 g/mol. The third-order valence-electron chi connectivity index (χ3n) is 4.09. The maximum Gasteiger partial charge on any atom is 0.136 e. The van der Waals surface area contributed by atoms with Crippen LogP contribution in [0.1, 0.15) is 44.5 Å². The Hall–Kier alpha value is -0.660. The van der Waals surface area contributed by atoms with Crippen molar-refractivity contribution in [3.05, 3.63) is 29.6 Å². The van der Waals surface area contributed by atoms with Gasteiger partial charge in [-0.2, -0.15) is 0 Å². The van der Waals surface area contributed by atoms with Crippen LogP contribution in [0.5, 0.6) is 0 Å². The van der Waals surface area contributed by atoms with Gasteiger partial charge in [0, 0.05) is 44.3 Å². The molecule has 6 heteroatoms. The molecule has 1 N–H and O–H groups in total. The minimum Gasteiger partial charge on any atom is -0.598 e. The molecule has 130 valence electrons. The van der Waals surface area contributed by atoms with E-state index in [9.17, 15) is 4.55 Å². The average Bonchev–Trinajstić information content (AvgIpc) is 2.44. The minimum absolute atomic E-state index is 0.00254. The molecule has 2 unspecified atom stereocenters. The topological polar surface area (TPSA) is 60.5 Å². The number of nitrogens with zero attached hydrogens (tertiary/aromatic N) is 2. The van der Waals surface area contributed by atoms with Gasteiger partial charge in [-0.15, -0.1) is 4.72 Å². The van der Waals surface area contributed by atoms with E-state index in [1.54, 1.807) is 7.11 Å². The standard InChI is InChI=1S/C17H29N3O2S/c1-13-6-7-15(18-10-13)16(19-23(21)17(2,3)4)8-9-20-11-14(12-20)22-5/h6-7,10,14,16,19H,8-9,11-12H2,1-5H3. The third kappa shape index (κ3) is 5.43. The summed E-state index contributed by atoms with van der Waals surface area (Å²) < 4.78 is 20.8. The summed E-state index contributed by atoms with van der Waals surface area (Å²) in [7, 11) is 1.76. The van der Waals surface area contributed by atoms with Gasteiger partial charge < -0.3 is 9.29 Å². The van der Waals surface area contributed by atoms with Gasteiger partial charge in [0.05, 0.1) is 17.8 Å². The molecule has 0 radical (unpaired) electrons. The lowest BCUT2D eigenvalue weighted by molar-refractivity contribution is -0.0303. The Morgan fingerprint density at radius 2 is 2.13 bits per heavy atom. The van der Waals surface area contributed by atoms with Gasteiger partial charge in [0.25, 0.3) is 0 Å². The Kier molecular flexibility index (Phi) is 6.45. The van der Waals surface area contributed by atoms with Gasteiger partial charge in [-0.1, -0.05) is 6.07 Å². The zero-order valence-electron chi connectivity index (χ0n) is 14.8. The van der Waals surface area contributed by atoms with Gasteiger partial charge in [-0.25, -0.2) is 0 Å². The second kappa shape index (κ2) is 7.94. The lowest BCUT2D eigenvalue weighted by atomic mass is 10.1. The van der Waals surface area contributed by atoms with Crippen molar-refractivity contribution in [3.63, 3.8) is 0 Å². The molecule has 2 rings (SSSR count). The highest BCUT2D eigenvalue weighted by molar-refractivity contribution is 7.90. The molecule has 1 aliphatic heterocycles. The summed E-state index contributed by atoms with van der Waals surface area (Å²) in [5.41, 5.74) is 2.09. The number of methoxy groups -OCH3 is 1. The number of ether oxygens (including phenoxy) is 1. The molecule has 2 heterocycles. The van der Waals surface area contributed by atoms with Gasteiger partial charge in [0.2, 0.25) is 0 Å². The number of nitrogens with one attached hydrogen (secondary N) is 1. The van der Waals surface area contributed by atoms with Crippen LogP contribution in [-0.4, -0.2) is 52.0 Å². The number of likely N-dealkylation sites (tertiary alicyclic amines) is 1. The number of aromatic nitrogens is 1. The zero-order chi connectivity index (χ0) is 17.0. The van der Waals surface area contributed by atoms with E-state index in [1.165, 1.54) is 0 Å². The van der Waals surface area contributed by atoms with Crippen molar-refractivity contribution in [2.24, 2.45) is 0 Å². The monoisotopic (exact) mass is 339 g/mol. The number of rotatable bonds is 7. The summed E-state index contributed by atoms with van der Waals surface area (Å²) in [5, 5.41) is 0. The molecule has 1 fully saturated rings. The summed E-state index contributed by atoms with van der Waals surface area (Å²) in [6.07, 6.45) is 3.12. The van der Waals surface area contributed by atoms with Crippen LogP contribution < -0.4 is 4.72 Å². The molecule has 23 heavy (non-hydrogen) atoms. The predicted molar refractivity (Wildman–Crippen MR) is 94.6 cm³/mol. The zero-order valence-corrected chi connectivity index (χ0v) is 15.7. The molecule has 0 bridgehead atoms. The first-order chi connectivity index (χ1) is 10.8. The number of aryl methyl sites for hydroxylation is 1. The normalized spacial score (nSPS) is 19.4. The van der Waals surface area contributed by atoms with E-state index < -0.39 is 11.4 Å². The quantitative estimate of drug-likeness (QED) is 0.772. The second-order valence-electron chi connectivity index (χ2n) is 7.22. The van der Waals surface area contributed by atoms with Crippen molar-refractivity contribution in [1.29, 1.82) is 0 Å². The van der Waals surface area contributed by atoms with Crippen LogP contribution in [0.25, 0.3) is 0 Å². The lowest BCUT2D eigenvalue weighted by Gasteiger charge is -2.39. The fourth-order valence-corrected chi connectivity index (χ4v) is 3.27. The Morgan fingerprint density at radius 3 is 2.65 bits per heavy atom. The Bertz CT molecular complexity index is 484. The van der Waals surface area contributed by atoms with Crippen LogP contribution in [-0.2, 0) is 16.1 Å². The van der Waals surface area contributed by atoms with Crippen LogP contribution in [0.2, 0.25) is 0 Å². The van der Waals surface area contributed by atoms with E-state index in [1.807, 2.05) is 40.0 Å². The molecule has 0 amide bonds. The first-order valence-electron chi connectivity index (χ1n) is 8.15. The van der Waals surface area contributed by atoms with Gasteiger partial charge in [-0.05, 0) is 45.7 Å². The summed E-state index contributed by atoms with van der Waals surface area (Å²) in [6, 6.07) is 4.08. The largest absolute Gasteiger partial charge is 0.598 e. The van der Waals surface area contributed by atoms with Gasteiger partial charge >= 0.3 is 0 Å². The van der Waals surface area contributed by atoms with Crippen LogP contribution in [0.4, 0.5) is 0 Å². The van der Waals surface area contributed by atoms with Gasteiger partial charge in [0.15, 0.2) is 0 Å². The van der Waals surface area contributed by atoms with Gasteiger partial charge in [-0.3, -0.25) is 9.88 Å². The highest BCUT2D eigenvalue weighted by Gasteiger charge is 2.32. The Balaban J connectivity index is 1.98. The molecule has 1 aliphatic rings. The Labute approximate surface area is 143 Å². The van der Waals surface area contributed by atoms with E-state index >= 15 is 0 Å². The molecule has 1 aromatic heterocycles. The molecule has 1 aromatic rings. The summed E-state index contributed by atoms with van der Waals surface area (Å²) in [4.78, 5) is 6.88. The highest BCUT2D eigenvalue weighted by Crippen LogP contribution is 2.23. The summed E-state index contributed by atoms with van der Waals surface area (Å²) in [6.45, 7) is 10.9. The maximum atomic E-state index is 12.5. The van der Waals surface area contributed by atoms with Crippen molar-refractivity contribution in [2.75, 3.05) is 26.7 Å². The predicted octanol–water partition coefficient (Wildman–Crippen LogP) is 2.20.